The van der Waals surface area contributed by atoms with E-state index in [9.17, 15) is 9.59 Å². The molecule has 0 fully saturated rings. The monoisotopic (exact) mass is 463 g/mol. The van der Waals surface area contributed by atoms with Gasteiger partial charge in [-0.3, -0.25) is 9.59 Å². The molecule has 32 heavy (non-hydrogen) atoms. The Kier molecular flexibility index (Phi) is 9.27. The summed E-state index contributed by atoms with van der Waals surface area (Å²) in [4.78, 5) is 25.0. The van der Waals surface area contributed by atoms with Crippen molar-refractivity contribution in [1.29, 1.82) is 0 Å². The van der Waals surface area contributed by atoms with Crippen LogP contribution in [-0.2, 0) is 9.59 Å². The molecule has 1 amide bonds. The molecule has 0 aromatic heterocycles. The number of ketones is 1. The third kappa shape index (κ3) is 5.88. The van der Waals surface area contributed by atoms with Gasteiger partial charge in [-0.1, -0.05) is 17.7 Å². The minimum absolute atomic E-state index is 0.218. The SMILES string of the molecule is CCOc1cccc(N=NC(C(C)=O)C(=O)Nc2ccc(Cl)c(OC)c2OC)c1OCC. The van der Waals surface area contributed by atoms with E-state index < -0.39 is 17.7 Å². The number of amides is 1. The summed E-state index contributed by atoms with van der Waals surface area (Å²) in [6, 6.07) is 6.79. The van der Waals surface area contributed by atoms with Gasteiger partial charge in [-0.2, -0.15) is 10.2 Å². The van der Waals surface area contributed by atoms with Crippen LogP contribution in [0.3, 0.4) is 0 Å². The molecule has 0 radical (unpaired) electrons. The first-order valence-corrected chi connectivity index (χ1v) is 10.3. The first-order chi connectivity index (χ1) is 15.4. The lowest BCUT2D eigenvalue weighted by atomic mass is 10.2. The van der Waals surface area contributed by atoms with E-state index in [1.54, 1.807) is 18.2 Å². The predicted octanol–water partition coefficient (Wildman–Crippen LogP) is 4.83. The second-order valence-corrected chi connectivity index (χ2v) is 6.76. The molecule has 2 aromatic carbocycles. The molecule has 0 saturated heterocycles. The van der Waals surface area contributed by atoms with Crippen LogP contribution in [0.2, 0.25) is 5.02 Å². The van der Waals surface area contributed by atoms with Crippen molar-refractivity contribution in [3.05, 3.63) is 35.4 Å². The molecule has 172 valence electrons. The van der Waals surface area contributed by atoms with Crippen LogP contribution in [0.25, 0.3) is 0 Å². The van der Waals surface area contributed by atoms with Gasteiger partial charge in [0.1, 0.15) is 5.69 Å². The van der Waals surface area contributed by atoms with Gasteiger partial charge in [0.25, 0.3) is 5.91 Å². The summed E-state index contributed by atoms with van der Waals surface area (Å²) in [7, 11) is 2.83. The van der Waals surface area contributed by atoms with Gasteiger partial charge in [-0.15, -0.1) is 0 Å². The van der Waals surface area contributed by atoms with Gasteiger partial charge in [0.15, 0.2) is 28.8 Å². The van der Waals surface area contributed by atoms with Gasteiger partial charge in [-0.25, -0.2) is 0 Å². The molecule has 0 bridgehead atoms. The summed E-state index contributed by atoms with van der Waals surface area (Å²) in [5, 5.41) is 11.0. The van der Waals surface area contributed by atoms with Crippen LogP contribution in [0.1, 0.15) is 20.8 Å². The number of hydrogen-bond donors (Lipinski definition) is 1. The number of carbonyl (C=O) groups is 2. The molecule has 1 unspecified atom stereocenters. The first-order valence-electron chi connectivity index (χ1n) is 9.89. The third-order valence-electron chi connectivity index (χ3n) is 4.19. The van der Waals surface area contributed by atoms with E-state index in [4.69, 9.17) is 30.5 Å². The highest BCUT2D eigenvalue weighted by molar-refractivity contribution is 6.32. The van der Waals surface area contributed by atoms with Crippen LogP contribution in [0.15, 0.2) is 40.6 Å². The van der Waals surface area contributed by atoms with Gasteiger partial charge < -0.3 is 24.3 Å². The Hall–Kier alpha value is -3.33. The van der Waals surface area contributed by atoms with Crippen molar-refractivity contribution in [2.24, 2.45) is 10.2 Å². The number of nitrogens with zero attached hydrogens (tertiary/aromatic N) is 2. The van der Waals surface area contributed by atoms with Crippen LogP contribution in [0.5, 0.6) is 23.0 Å². The van der Waals surface area contributed by atoms with E-state index in [0.717, 1.165) is 0 Å². The number of para-hydroxylation sites is 1. The smallest absolute Gasteiger partial charge is 0.258 e. The number of carbonyl (C=O) groups excluding carboxylic acids is 2. The number of halogens is 1. The third-order valence-corrected chi connectivity index (χ3v) is 4.49. The molecule has 2 rings (SSSR count). The normalized spacial score (nSPS) is 11.7. The van der Waals surface area contributed by atoms with Gasteiger partial charge in [0.2, 0.25) is 6.04 Å². The van der Waals surface area contributed by atoms with E-state index in [2.05, 4.69) is 15.5 Å². The zero-order valence-electron chi connectivity index (χ0n) is 18.6. The average Bonchev–Trinajstić information content (AvgIpc) is 2.76. The number of hydrogen-bond acceptors (Lipinski definition) is 8. The first kappa shape index (κ1) is 24.9. The van der Waals surface area contributed by atoms with Crippen LogP contribution in [0, 0.1) is 0 Å². The van der Waals surface area contributed by atoms with Crippen molar-refractivity contribution in [2.45, 2.75) is 26.8 Å². The Balaban J connectivity index is 2.35. The highest BCUT2D eigenvalue weighted by Gasteiger charge is 2.26. The van der Waals surface area contributed by atoms with Crippen molar-refractivity contribution in [3.63, 3.8) is 0 Å². The molecular weight excluding hydrogens is 438 g/mol. The van der Waals surface area contributed by atoms with Crippen LogP contribution < -0.4 is 24.3 Å². The lowest BCUT2D eigenvalue weighted by Crippen LogP contribution is -2.32. The Bertz CT molecular complexity index is 996. The van der Waals surface area contributed by atoms with Gasteiger partial charge in [0, 0.05) is 0 Å². The fourth-order valence-corrected chi connectivity index (χ4v) is 3.04. The van der Waals surface area contributed by atoms with E-state index in [-0.39, 0.29) is 17.2 Å². The number of methoxy groups -OCH3 is 2. The lowest BCUT2D eigenvalue weighted by Gasteiger charge is -2.16. The molecule has 1 atom stereocenters. The molecular formula is C22H26ClN3O6. The summed E-state index contributed by atoms with van der Waals surface area (Å²) < 4.78 is 21.7. The minimum Gasteiger partial charge on any atom is -0.491 e. The lowest BCUT2D eigenvalue weighted by molar-refractivity contribution is -0.126. The number of rotatable bonds is 11. The fourth-order valence-electron chi connectivity index (χ4n) is 2.81. The molecule has 0 spiro atoms. The predicted molar refractivity (Wildman–Crippen MR) is 121 cm³/mol. The number of azo groups is 1. The number of Topliss-reactive ketones (excluding diaryl/α,β-unsaturated/α-hetero) is 1. The minimum atomic E-state index is -1.40. The van der Waals surface area contributed by atoms with E-state index in [0.29, 0.717) is 35.4 Å². The highest BCUT2D eigenvalue weighted by atomic mass is 35.5. The Labute approximate surface area is 191 Å². The summed E-state index contributed by atoms with van der Waals surface area (Å²) in [5.41, 5.74) is 0.608. The van der Waals surface area contributed by atoms with Gasteiger partial charge in [0.05, 0.1) is 38.1 Å². The maximum absolute atomic E-state index is 12.8. The van der Waals surface area contributed by atoms with Crippen molar-refractivity contribution in [3.8, 4) is 23.0 Å². The summed E-state index contributed by atoms with van der Waals surface area (Å²) in [5.74, 6) is 0.158. The molecule has 0 aliphatic heterocycles. The highest BCUT2D eigenvalue weighted by Crippen LogP contribution is 2.41. The fraction of sp³-hybridized carbons (Fsp3) is 0.364. The largest absolute Gasteiger partial charge is 0.491 e. The second-order valence-electron chi connectivity index (χ2n) is 6.35. The molecule has 10 heteroatoms. The zero-order chi connectivity index (χ0) is 23.7. The standard InChI is InChI=1S/C22H26ClN3O6/c1-6-31-17-10-8-9-16(20(17)32-7-2)25-26-18(13(3)27)22(28)24-15-12-11-14(23)19(29-4)21(15)30-5/h8-12,18H,6-7H2,1-5H3,(H,24,28). The number of nitrogens with one attached hydrogen (secondary N) is 1. The molecule has 0 saturated carbocycles. The Morgan fingerprint density at radius 1 is 1.00 bits per heavy atom. The van der Waals surface area contributed by atoms with Gasteiger partial charge >= 0.3 is 0 Å². The van der Waals surface area contributed by atoms with Crippen LogP contribution in [0.4, 0.5) is 11.4 Å². The molecule has 2 aromatic rings. The van der Waals surface area contributed by atoms with Crippen molar-refractivity contribution < 1.29 is 28.5 Å². The molecule has 0 aliphatic carbocycles. The number of ether oxygens (including phenoxy) is 4. The van der Waals surface area contributed by atoms with E-state index in [1.807, 2.05) is 13.8 Å². The maximum Gasteiger partial charge on any atom is 0.258 e. The quantitative estimate of drug-likeness (QED) is 0.377. The Morgan fingerprint density at radius 2 is 1.69 bits per heavy atom. The van der Waals surface area contributed by atoms with E-state index >= 15 is 0 Å². The number of benzene rings is 2. The summed E-state index contributed by atoms with van der Waals surface area (Å²) >= 11 is 6.10. The van der Waals surface area contributed by atoms with Crippen LogP contribution in [-0.4, -0.2) is 45.2 Å². The molecule has 0 heterocycles. The molecule has 9 nitrogen and oxygen atoms in total. The van der Waals surface area contributed by atoms with Crippen molar-refractivity contribution in [1.82, 2.24) is 0 Å². The van der Waals surface area contributed by atoms with Crippen molar-refractivity contribution >= 4 is 34.7 Å². The molecule has 1 N–H and O–H groups in total. The summed E-state index contributed by atoms with van der Waals surface area (Å²) in [6.07, 6.45) is 0. The van der Waals surface area contributed by atoms with E-state index in [1.165, 1.54) is 33.3 Å². The molecule has 0 aliphatic rings. The van der Waals surface area contributed by atoms with Gasteiger partial charge in [-0.05, 0) is 45.0 Å². The second kappa shape index (κ2) is 11.9. The zero-order valence-corrected chi connectivity index (χ0v) is 19.4. The average molecular weight is 464 g/mol. The maximum atomic E-state index is 12.8. The number of anilines is 1. The van der Waals surface area contributed by atoms with Crippen LogP contribution >= 0.6 is 11.6 Å². The van der Waals surface area contributed by atoms with Crippen molar-refractivity contribution in [2.75, 3.05) is 32.8 Å². The summed E-state index contributed by atoms with van der Waals surface area (Å²) in [6.45, 7) is 5.74. The Morgan fingerprint density at radius 3 is 2.28 bits per heavy atom. The topological polar surface area (TPSA) is 108 Å².